The molecule has 3 fully saturated rings. The Balaban J connectivity index is 0.864. The van der Waals surface area contributed by atoms with Gasteiger partial charge in [0.2, 0.25) is 17.8 Å². The molecular formula is C38H46N8O4. The second kappa shape index (κ2) is 14.9. The van der Waals surface area contributed by atoms with Crippen molar-refractivity contribution in [1.82, 2.24) is 29.7 Å². The fourth-order valence-electron chi connectivity index (χ4n) is 7.62. The van der Waals surface area contributed by atoms with Crippen LogP contribution in [0.25, 0.3) is 11.0 Å². The van der Waals surface area contributed by atoms with Crippen LogP contribution >= 0.6 is 0 Å². The summed E-state index contributed by atoms with van der Waals surface area (Å²) in [6, 6.07) is 14.2. The van der Waals surface area contributed by atoms with Gasteiger partial charge < -0.3 is 24.4 Å². The molecule has 0 spiro atoms. The molecule has 2 saturated heterocycles. The number of pyridine rings is 1. The van der Waals surface area contributed by atoms with E-state index in [-0.39, 0.29) is 29.7 Å². The van der Waals surface area contributed by atoms with Gasteiger partial charge >= 0.3 is 0 Å². The van der Waals surface area contributed by atoms with E-state index in [1.54, 1.807) is 31.4 Å². The van der Waals surface area contributed by atoms with Crippen LogP contribution in [0.3, 0.4) is 0 Å². The predicted molar refractivity (Wildman–Crippen MR) is 192 cm³/mol. The van der Waals surface area contributed by atoms with Gasteiger partial charge in [-0.3, -0.25) is 19.7 Å². The van der Waals surface area contributed by atoms with Gasteiger partial charge in [0, 0.05) is 56.9 Å². The van der Waals surface area contributed by atoms with Crippen molar-refractivity contribution in [3.63, 3.8) is 0 Å². The number of fused-ring (bicyclic) bond motifs is 1. The SMILES string of the molecule is CN(C)C(=O)c1cc2cnc(Nc3ccc(OCCCC4CCN(c5ccc(C6CCC(=O)NC6=O)cc5)CC4)cn3)nc2n1C1CCCC1. The second-order valence-electron chi connectivity index (χ2n) is 14.0. The number of anilines is 3. The number of hydrogen-bond acceptors (Lipinski definition) is 9. The van der Waals surface area contributed by atoms with Gasteiger partial charge in [-0.2, -0.15) is 4.98 Å². The molecule has 1 unspecified atom stereocenters. The van der Waals surface area contributed by atoms with Crippen LogP contribution in [0.2, 0.25) is 0 Å². The molecule has 3 aromatic heterocycles. The highest BCUT2D eigenvalue weighted by atomic mass is 16.5. The lowest BCUT2D eigenvalue weighted by atomic mass is 9.90. The molecule has 1 aliphatic carbocycles. The molecule has 7 rings (SSSR count). The van der Waals surface area contributed by atoms with E-state index in [2.05, 4.69) is 42.2 Å². The Morgan fingerprint density at radius 1 is 0.980 bits per heavy atom. The van der Waals surface area contributed by atoms with Crippen molar-refractivity contribution in [3.05, 3.63) is 66.1 Å². The second-order valence-corrected chi connectivity index (χ2v) is 14.0. The van der Waals surface area contributed by atoms with Crippen LogP contribution in [0.5, 0.6) is 5.75 Å². The zero-order chi connectivity index (χ0) is 34.6. The average Bonchev–Trinajstić information content (AvgIpc) is 3.79. The van der Waals surface area contributed by atoms with E-state index in [4.69, 9.17) is 9.72 Å². The zero-order valence-electron chi connectivity index (χ0n) is 28.9. The summed E-state index contributed by atoms with van der Waals surface area (Å²) >= 11 is 0. The van der Waals surface area contributed by atoms with Crippen LogP contribution in [0, 0.1) is 5.92 Å². The van der Waals surface area contributed by atoms with Crippen molar-refractivity contribution < 1.29 is 19.1 Å². The predicted octanol–water partition coefficient (Wildman–Crippen LogP) is 5.98. The molecule has 1 atom stereocenters. The van der Waals surface area contributed by atoms with Crippen molar-refractivity contribution in [1.29, 1.82) is 0 Å². The number of rotatable bonds is 11. The standard InChI is InChI=1S/C38H46N8O4/c1-44(2)37(49)32-22-27-23-40-38(43-35(27)46(32)29-7-3-4-8-29)41-33-15-13-30(24-39-33)50-21-5-6-25-17-19-45(20-18-25)28-11-9-26(10-12-28)31-14-16-34(47)42-36(31)48/h9-13,15,22-25,29,31H,3-8,14,16-21H2,1-2H3,(H,42,47,48)(H,39,40,41,43). The highest BCUT2D eigenvalue weighted by Crippen LogP contribution is 2.35. The van der Waals surface area contributed by atoms with Gasteiger partial charge in [-0.15, -0.1) is 0 Å². The number of carbonyl (C=O) groups is 3. The van der Waals surface area contributed by atoms with E-state index >= 15 is 0 Å². The molecule has 50 heavy (non-hydrogen) atoms. The first-order valence-corrected chi connectivity index (χ1v) is 18.0. The number of imide groups is 1. The van der Waals surface area contributed by atoms with Crippen molar-refractivity contribution in [2.75, 3.05) is 44.0 Å². The van der Waals surface area contributed by atoms with E-state index in [0.717, 1.165) is 86.8 Å². The van der Waals surface area contributed by atoms with E-state index < -0.39 is 0 Å². The lowest BCUT2D eigenvalue weighted by Crippen LogP contribution is -2.39. The molecule has 3 amide bonds. The third-order valence-electron chi connectivity index (χ3n) is 10.4. The van der Waals surface area contributed by atoms with Gasteiger partial charge in [0.15, 0.2) is 0 Å². The third kappa shape index (κ3) is 7.44. The lowest BCUT2D eigenvalue weighted by Gasteiger charge is -2.34. The van der Waals surface area contributed by atoms with Crippen LogP contribution in [-0.4, -0.2) is 75.9 Å². The number of benzene rings is 1. The van der Waals surface area contributed by atoms with Gasteiger partial charge in [-0.05, 0) is 86.8 Å². The molecule has 2 N–H and O–H groups in total. The molecule has 12 heteroatoms. The molecule has 2 aliphatic heterocycles. The summed E-state index contributed by atoms with van der Waals surface area (Å²) in [5, 5.41) is 6.53. The zero-order valence-corrected chi connectivity index (χ0v) is 28.9. The fourth-order valence-corrected chi connectivity index (χ4v) is 7.62. The molecule has 0 radical (unpaired) electrons. The van der Waals surface area contributed by atoms with Gasteiger partial charge in [0.05, 0.1) is 18.7 Å². The van der Waals surface area contributed by atoms with Crippen LogP contribution < -0.4 is 20.3 Å². The number of piperidine rings is 2. The topological polar surface area (TPSA) is 135 Å². The summed E-state index contributed by atoms with van der Waals surface area (Å²) in [6.45, 7) is 2.67. The number of nitrogens with one attached hydrogen (secondary N) is 2. The quantitative estimate of drug-likeness (QED) is 0.145. The number of aromatic nitrogens is 4. The summed E-state index contributed by atoms with van der Waals surface area (Å²) in [6.07, 6.45) is 13.2. The summed E-state index contributed by atoms with van der Waals surface area (Å²) in [7, 11) is 3.55. The van der Waals surface area contributed by atoms with Crippen molar-refractivity contribution >= 4 is 46.2 Å². The van der Waals surface area contributed by atoms with Crippen LogP contribution in [0.1, 0.15) is 92.2 Å². The van der Waals surface area contributed by atoms with E-state index in [1.165, 1.54) is 5.69 Å². The highest BCUT2D eigenvalue weighted by molar-refractivity contribution is 6.01. The monoisotopic (exact) mass is 678 g/mol. The maximum Gasteiger partial charge on any atom is 0.270 e. The Bertz CT molecular complexity index is 1820. The van der Waals surface area contributed by atoms with Gasteiger partial charge in [0.25, 0.3) is 5.91 Å². The fraction of sp³-hybridized carbons (Fsp3) is 0.474. The Kier molecular flexibility index (Phi) is 9.95. The number of amides is 3. The average molecular weight is 679 g/mol. The first kappa shape index (κ1) is 33.5. The first-order chi connectivity index (χ1) is 24.3. The largest absolute Gasteiger partial charge is 0.492 e. The molecule has 262 valence electrons. The third-order valence-corrected chi connectivity index (χ3v) is 10.4. The minimum atomic E-state index is -0.243. The maximum absolute atomic E-state index is 13.0. The Morgan fingerprint density at radius 3 is 2.46 bits per heavy atom. The summed E-state index contributed by atoms with van der Waals surface area (Å²) in [5.41, 5.74) is 3.58. The van der Waals surface area contributed by atoms with Crippen LogP contribution in [0.4, 0.5) is 17.5 Å². The molecule has 1 aromatic carbocycles. The summed E-state index contributed by atoms with van der Waals surface area (Å²) in [4.78, 5) is 54.6. The smallest absolute Gasteiger partial charge is 0.270 e. The normalized spacial score (nSPS) is 18.8. The van der Waals surface area contributed by atoms with E-state index in [0.29, 0.717) is 42.8 Å². The Labute approximate surface area is 292 Å². The molecular weight excluding hydrogens is 632 g/mol. The van der Waals surface area contributed by atoms with E-state index in [9.17, 15) is 14.4 Å². The van der Waals surface area contributed by atoms with Crippen molar-refractivity contribution in [3.8, 4) is 5.75 Å². The highest BCUT2D eigenvalue weighted by Gasteiger charge is 2.29. The number of ether oxygens (including phenoxy) is 1. The number of carbonyl (C=O) groups excluding carboxylic acids is 3. The van der Waals surface area contributed by atoms with Gasteiger partial charge in [-0.25, -0.2) is 9.97 Å². The maximum atomic E-state index is 13.0. The van der Waals surface area contributed by atoms with Gasteiger partial charge in [-0.1, -0.05) is 25.0 Å². The number of hydrogen-bond donors (Lipinski definition) is 2. The molecule has 12 nitrogen and oxygen atoms in total. The summed E-state index contributed by atoms with van der Waals surface area (Å²) in [5.74, 6) is 1.82. The molecule has 3 aliphatic rings. The van der Waals surface area contributed by atoms with Crippen molar-refractivity contribution in [2.45, 2.75) is 76.2 Å². The molecule has 5 heterocycles. The Hall–Kier alpha value is -5.00. The van der Waals surface area contributed by atoms with Crippen LogP contribution in [0.15, 0.2) is 54.9 Å². The minimum absolute atomic E-state index is 0.0280. The molecule has 0 bridgehead atoms. The molecule has 1 saturated carbocycles. The first-order valence-electron chi connectivity index (χ1n) is 18.0. The Morgan fingerprint density at radius 2 is 1.76 bits per heavy atom. The van der Waals surface area contributed by atoms with Crippen molar-refractivity contribution in [2.24, 2.45) is 5.92 Å². The summed E-state index contributed by atoms with van der Waals surface area (Å²) < 4.78 is 8.13. The minimum Gasteiger partial charge on any atom is -0.492 e. The number of nitrogens with zero attached hydrogens (tertiary/aromatic N) is 6. The van der Waals surface area contributed by atoms with Gasteiger partial charge in [0.1, 0.15) is 22.9 Å². The van der Waals surface area contributed by atoms with Crippen LogP contribution in [-0.2, 0) is 9.59 Å². The van der Waals surface area contributed by atoms with E-state index in [1.807, 2.05) is 30.3 Å². The lowest BCUT2D eigenvalue weighted by molar-refractivity contribution is -0.134. The molecule has 4 aromatic rings.